The number of methoxy groups -OCH3 is 2. The van der Waals surface area contributed by atoms with Crippen LogP contribution < -0.4 is 10.6 Å². The van der Waals surface area contributed by atoms with Gasteiger partial charge < -0.3 is 39.9 Å². The summed E-state index contributed by atoms with van der Waals surface area (Å²) in [7, 11) is 2.61. The Kier molecular flexibility index (Phi) is 11.8. The number of hydrogen-bond donors (Lipinski definition) is 4. The second kappa shape index (κ2) is 17.5. The summed E-state index contributed by atoms with van der Waals surface area (Å²) in [5.41, 5.74) is 9.44. The molecular formula is C48H58N8O6S. The Morgan fingerprint density at radius 1 is 0.698 bits per heavy atom. The molecule has 63 heavy (non-hydrogen) atoms. The number of amides is 4. The molecular weight excluding hydrogens is 817 g/mol. The zero-order chi connectivity index (χ0) is 44.1. The van der Waals surface area contributed by atoms with Crippen LogP contribution in [0.5, 0.6) is 0 Å². The van der Waals surface area contributed by atoms with Gasteiger partial charge in [0.1, 0.15) is 23.7 Å². The average molecular weight is 875 g/mol. The maximum atomic E-state index is 13.8. The van der Waals surface area contributed by atoms with E-state index < -0.39 is 24.3 Å². The molecule has 10 rings (SSSR count). The van der Waals surface area contributed by atoms with Crippen LogP contribution in [0.3, 0.4) is 0 Å². The SMILES string of the molecule is COC(=O)N[C@H](C(=O)N1CCC[C@H]1c1ncc(-c2ccc(-c3ccc(-c4ccc5nc([C@@H]6CCCN6C(=O)[C@@H](NC(=O)OC)C(C)C)[nH]c5c4)c4c3C3CCC4CC3)s2)[nH]1)C(C)C. The van der Waals surface area contributed by atoms with Crippen molar-refractivity contribution in [1.82, 2.24) is 40.4 Å². The van der Waals surface area contributed by atoms with E-state index in [1.165, 1.54) is 67.0 Å². The lowest BCUT2D eigenvalue weighted by atomic mass is 9.64. The lowest BCUT2D eigenvalue weighted by Gasteiger charge is -2.41. The number of ether oxygens (including phenoxy) is 2. The normalized spacial score (nSPS) is 21.5. The molecule has 4 N–H and O–H groups in total. The Bertz CT molecular complexity index is 2530. The number of likely N-dealkylation sites (tertiary alicyclic amines) is 2. The Labute approximate surface area is 371 Å². The van der Waals surface area contributed by atoms with E-state index in [1.54, 1.807) is 11.3 Å². The van der Waals surface area contributed by atoms with Crippen LogP contribution in [0.1, 0.15) is 126 Å². The van der Waals surface area contributed by atoms with Crippen LogP contribution in [-0.4, -0.2) is 93.1 Å². The summed E-state index contributed by atoms with van der Waals surface area (Å²) in [4.78, 5) is 74.8. The molecule has 2 aromatic carbocycles. The average Bonchev–Trinajstić information content (AvgIpc) is 4.15. The number of H-pyrrole nitrogens is 2. The molecule has 5 aliphatic rings. The van der Waals surface area contributed by atoms with Crippen molar-refractivity contribution in [3.63, 3.8) is 0 Å². The molecule has 0 spiro atoms. The van der Waals surface area contributed by atoms with Crippen molar-refractivity contribution in [2.24, 2.45) is 11.8 Å². The molecule has 0 radical (unpaired) electrons. The standard InChI is InChI=1S/C48H58N8O6S/c1-25(2)41(53-47(59)61-5)45(57)55-21-7-9-35(55)43-49-24-34(52-43)38-20-19-37(63-38)31-17-16-30(39-27-11-13-28(14-12-27)40(31)39)29-15-18-32-33(23-29)51-44(50-32)36-10-8-22-56(36)46(58)42(26(3)4)54-48(60)62-6/h15-20,23-28,35-36,41-42H,7-14,21-22H2,1-6H3,(H,49,52)(H,50,51)(H,53,59)(H,54,60)/t27?,28?,35-,36-,41-,42-/m0/s1. The minimum Gasteiger partial charge on any atom is -0.453 e. The highest BCUT2D eigenvalue weighted by atomic mass is 32.1. The number of benzene rings is 2. The molecule has 1 saturated carbocycles. The highest BCUT2D eigenvalue weighted by Gasteiger charge is 2.40. The molecule has 332 valence electrons. The molecule has 14 nitrogen and oxygen atoms in total. The third-order valence-corrected chi connectivity index (χ3v) is 15.0. The lowest BCUT2D eigenvalue weighted by Crippen LogP contribution is -2.51. The number of aromatic amines is 2. The Morgan fingerprint density at radius 2 is 1.25 bits per heavy atom. The number of imidazole rings is 2. The van der Waals surface area contributed by atoms with Crippen molar-refractivity contribution < 1.29 is 28.7 Å². The van der Waals surface area contributed by atoms with Crippen LogP contribution >= 0.6 is 11.3 Å². The van der Waals surface area contributed by atoms with Gasteiger partial charge in [-0.3, -0.25) is 9.59 Å². The van der Waals surface area contributed by atoms with Crippen LogP contribution in [-0.2, 0) is 19.1 Å². The van der Waals surface area contributed by atoms with Crippen LogP contribution in [0.15, 0.2) is 48.7 Å². The molecule has 2 saturated heterocycles. The van der Waals surface area contributed by atoms with Gasteiger partial charge in [0.2, 0.25) is 11.8 Å². The number of alkyl carbamates (subject to hydrolysis) is 2. The fourth-order valence-corrected chi connectivity index (χ4v) is 11.7. The van der Waals surface area contributed by atoms with E-state index in [-0.39, 0.29) is 35.7 Å². The van der Waals surface area contributed by atoms with Crippen molar-refractivity contribution in [2.45, 2.75) is 115 Å². The first-order chi connectivity index (χ1) is 30.4. The molecule has 4 amide bonds. The second-order valence-electron chi connectivity index (χ2n) is 18.3. The number of thiophene rings is 1. The molecule has 2 aliphatic heterocycles. The largest absolute Gasteiger partial charge is 0.453 e. The number of carbonyl (C=O) groups is 4. The molecule has 3 aliphatic carbocycles. The number of carbonyl (C=O) groups excluding carboxylic acids is 4. The van der Waals surface area contributed by atoms with Crippen LogP contribution in [0, 0.1) is 11.8 Å². The summed E-state index contributed by atoms with van der Waals surface area (Å²) in [5, 5.41) is 5.48. The summed E-state index contributed by atoms with van der Waals surface area (Å²) in [6.45, 7) is 8.90. The van der Waals surface area contributed by atoms with Gasteiger partial charge >= 0.3 is 12.2 Å². The Hall–Kier alpha value is -5.70. The summed E-state index contributed by atoms with van der Waals surface area (Å²) < 4.78 is 9.63. The Morgan fingerprint density at radius 3 is 1.84 bits per heavy atom. The lowest BCUT2D eigenvalue weighted by molar-refractivity contribution is -0.136. The van der Waals surface area contributed by atoms with E-state index in [0.717, 1.165) is 64.5 Å². The number of nitrogens with one attached hydrogen (secondary N) is 4. The zero-order valence-corrected chi connectivity index (χ0v) is 37.8. The third-order valence-electron chi connectivity index (χ3n) is 13.9. The molecule has 5 aromatic rings. The minimum absolute atomic E-state index is 0.102. The van der Waals surface area contributed by atoms with Gasteiger partial charge in [-0.2, -0.15) is 0 Å². The first-order valence-corrected chi connectivity index (χ1v) is 23.4. The van der Waals surface area contributed by atoms with Crippen LogP contribution in [0.2, 0.25) is 0 Å². The van der Waals surface area contributed by atoms with Crippen molar-refractivity contribution in [3.8, 4) is 32.1 Å². The topological polar surface area (TPSA) is 175 Å². The van der Waals surface area contributed by atoms with Crippen molar-refractivity contribution in [2.75, 3.05) is 27.3 Å². The summed E-state index contributed by atoms with van der Waals surface area (Å²) in [6.07, 6.45) is 8.75. The highest BCUT2D eigenvalue weighted by Crippen LogP contribution is 2.56. The summed E-state index contributed by atoms with van der Waals surface area (Å²) >= 11 is 1.77. The van der Waals surface area contributed by atoms with Gasteiger partial charge in [-0.1, -0.05) is 45.9 Å². The molecule has 3 aromatic heterocycles. The van der Waals surface area contributed by atoms with E-state index in [2.05, 4.69) is 63.1 Å². The quantitative estimate of drug-likeness (QED) is 0.102. The fourth-order valence-electron chi connectivity index (χ4n) is 10.7. The molecule has 0 unspecified atom stereocenters. The fraction of sp³-hybridized carbons (Fsp3) is 0.500. The van der Waals surface area contributed by atoms with Gasteiger partial charge in [0.25, 0.3) is 0 Å². The molecule has 2 bridgehead atoms. The monoisotopic (exact) mass is 874 g/mol. The first kappa shape index (κ1) is 42.6. The first-order valence-electron chi connectivity index (χ1n) is 22.6. The van der Waals surface area contributed by atoms with E-state index in [0.29, 0.717) is 24.9 Å². The molecule has 4 atom stereocenters. The second-order valence-corrected chi connectivity index (χ2v) is 19.4. The number of hydrogen-bond acceptors (Lipinski definition) is 9. The smallest absolute Gasteiger partial charge is 0.407 e. The predicted octanol–water partition coefficient (Wildman–Crippen LogP) is 9.19. The van der Waals surface area contributed by atoms with Gasteiger partial charge in [-0.15, -0.1) is 11.3 Å². The summed E-state index contributed by atoms with van der Waals surface area (Å²) in [5.74, 6) is 2.09. The zero-order valence-electron chi connectivity index (χ0n) is 37.0. The summed E-state index contributed by atoms with van der Waals surface area (Å²) in [6, 6.07) is 13.8. The van der Waals surface area contributed by atoms with Crippen LogP contribution in [0.25, 0.3) is 43.2 Å². The third kappa shape index (κ3) is 7.97. The van der Waals surface area contributed by atoms with Gasteiger partial charge in [-0.25, -0.2) is 19.6 Å². The van der Waals surface area contributed by atoms with E-state index in [1.807, 2.05) is 43.7 Å². The van der Waals surface area contributed by atoms with Crippen molar-refractivity contribution in [3.05, 3.63) is 71.4 Å². The number of fused-ring (bicyclic) bond motifs is 3. The van der Waals surface area contributed by atoms with E-state index in [9.17, 15) is 19.2 Å². The van der Waals surface area contributed by atoms with Crippen molar-refractivity contribution in [1.29, 1.82) is 0 Å². The molecule has 5 heterocycles. The van der Waals surface area contributed by atoms with Gasteiger partial charge in [0.15, 0.2) is 0 Å². The number of nitrogens with zero attached hydrogens (tertiary/aromatic N) is 4. The predicted molar refractivity (Wildman–Crippen MR) is 242 cm³/mol. The van der Waals surface area contributed by atoms with Crippen LogP contribution in [0.4, 0.5) is 9.59 Å². The van der Waals surface area contributed by atoms with Gasteiger partial charge in [-0.05, 0) is 127 Å². The van der Waals surface area contributed by atoms with Crippen molar-refractivity contribution >= 4 is 46.4 Å². The molecule has 15 heteroatoms. The Balaban J connectivity index is 0.976. The van der Waals surface area contributed by atoms with Gasteiger partial charge in [0.05, 0.1) is 54.1 Å². The van der Waals surface area contributed by atoms with E-state index >= 15 is 0 Å². The number of rotatable bonds is 11. The molecule has 3 fully saturated rings. The minimum atomic E-state index is -0.688. The maximum Gasteiger partial charge on any atom is 0.407 e. The number of aromatic nitrogens is 4. The maximum absolute atomic E-state index is 13.8. The van der Waals surface area contributed by atoms with E-state index in [4.69, 9.17) is 19.4 Å². The van der Waals surface area contributed by atoms with Gasteiger partial charge in [0, 0.05) is 18.0 Å². The highest BCUT2D eigenvalue weighted by molar-refractivity contribution is 7.18.